The minimum atomic E-state index is -0.493. The molecule has 0 saturated carbocycles. The van der Waals surface area contributed by atoms with Gasteiger partial charge in [-0.1, -0.05) is 24.3 Å². The molecule has 0 aromatic heterocycles. The minimum absolute atomic E-state index is 0.122. The second-order valence-electron chi connectivity index (χ2n) is 6.40. The Morgan fingerprint density at radius 1 is 1.00 bits per heavy atom. The van der Waals surface area contributed by atoms with Crippen molar-refractivity contribution in [1.29, 1.82) is 0 Å². The highest BCUT2D eigenvalue weighted by atomic mass is 16.2. The first-order valence-corrected chi connectivity index (χ1v) is 7.76. The SMILES string of the molecule is CC1(NC(=O)c2ccc(C(N)=O)cc2)CCc2ccccc2C1. The molecule has 2 aromatic carbocycles. The van der Waals surface area contributed by atoms with Crippen molar-refractivity contribution in [2.24, 2.45) is 5.73 Å². The second-order valence-corrected chi connectivity index (χ2v) is 6.40. The lowest BCUT2D eigenvalue weighted by Gasteiger charge is -2.36. The van der Waals surface area contributed by atoms with Gasteiger partial charge in [0.25, 0.3) is 5.91 Å². The van der Waals surface area contributed by atoms with Crippen LogP contribution in [-0.4, -0.2) is 17.4 Å². The van der Waals surface area contributed by atoms with Crippen molar-refractivity contribution in [3.63, 3.8) is 0 Å². The Bertz CT molecular complexity index is 752. The molecule has 0 spiro atoms. The molecule has 0 bridgehead atoms. The fourth-order valence-corrected chi connectivity index (χ4v) is 3.13. The van der Waals surface area contributed by atoms with E-state index in [4.69, 9.17) is 5.73 Å². The standard InChI is InChI=1S/C19H20N2O2/c1-19(11-10-13-4-2-3-5-16(13)12-19)21-18(23)15-8-6-14(7-9-15)17(20)22/h2-9H,10-12H2,1H3,(H2,20,22)(H,21,23). The van der Waals surface area contributed by atoms with E-state index in [0.717, 1.165) is 19.3 Å². The molecule has 0 radical (unpaired) electrons. The molecule has 4 nitrogen and oxygen atoms in total. The minimum Gasteiger partial charge on any atom is -0.366 e. The number of carbonyl (C=O) groups is 2. The molecule has 0 fully saturated rings. The van der Waals surface area contributed by atoms with Crippen molar-refractivity contribution >= 4 is 11.8 Å². The topological polar surface area (TPSA) is 72.2 Å². The summed E-state index contributed by atoms with van der Waals surface area (Å²) in [5, 5.41) is 3.15. The molecule has 1 atom stereocenters. The van der Waals surface area contributed by atoms with E-state index >= 15 is 0 Å². The number of benzene rings is 2. The van der Waals surface area contributed by atoms with Crippen molar-refractivity contribution in [1.82, 2.24) is 5.32 Å². The molecule has 3 N–H and O–H groups in total. The first-order chi connectivity index (χ1) is 11.0. The van der Waals surface area contributed by atoms with Crippen LogP contribution in [0.2, 0.25) is 0 Å². The molecule has 3 rings (SSSR count). The number of hydrogen-bond donors (Lipinski definition) is 2. The average molecular weight is 308 g/mol. The summed E-state index contributed by atoms with van der Waals surface area (Å²) in [5.41, 5.74) is 8.56. The molecular weight excluding hydrogens is 288 g/mol. The van der Waals surface area contributed by atoms with Gasteiger partial charge in [-0.05, 0) is 61.6 Å². The van der Waals surface area contributed by atoms with E-state index in [1.165, 1.54) is 11.1 Å². The van der Waals surface area contributed by atoms with Gasteiger partial charge in [0, 0.05) is 16.7 Å². The van der Waals surface area contributed by atoms with E-state index in [2.05, 4.69) is 30.4 Å². The van der Waals surface area contributed by atoms with E-state index in [9.17, 15) is 9.59 Å². The van der Waals surface area contributed by atoms with Gasteiger partial charge in [-0.3, -0.25) is 9.59 Å². The van der Waals surface area contributed by atoms with Gasteiger partial charge in [0.2, 0.25) is 5.91 Å². The maximum Gasteiger partial charge on any atom is 0.251 e. The smallest absolute Gasteiger partial charge is 0.251 e. The second kappa shape index (κ2) is 5.88. The Hall–Kier alpha value is -2.62. The molecular formula is C19H20N2O2. The monoisotopic (exact) mass is 308 g/mol. The molecule has 1 aliphatic carbocycles. The number of rotatable bonds is 3. The third-order valence-corrected chi connectivity index (χ3v) is 4.49. The first-order valence-electron chi connectivity index (χ1n) is 7.76. The maximum absolute atomic E-state index is 12.5. The van der Waals surface area contributed by atoms with Crippen LogP contribution in [0.5, 0.6) is 0 Å². The lowest BCUT2D eigenvalue weighted by atomic mass is 9.79. The highest BCUT2D eigenvalue weighted by molar-refractivity contribution is 5.97. The molecule has 23 heavy (non-hydrogen) atoms. The highest BCUT2D eigenvalue weighted by Gasteiger charge is 2.31. The van der Waals surface area contributed by atoms with Crippen LogP contribution in [0.25, 0.3) is 0 Å². The van der Waals surface area contributed by atoms with Crippen molar-refractivity contribution in [3.8, 4) is 0 Å². The van der Waals surface area contributed by atoms with Crippen LogP contribution in [0.3, 0.4) is 0 Å². The summed E-state index contributed by atoms with van der Waals surface area (Å²) in [6.45, 7) is 2.08. The summed E-state index contributed by atoms with van der Waals surface area (Å²) in [7, 11) is 0. The van der Waals surface area contributed by atoms with Crippen LogP contribution in [0.1, 0.15) is 45.2 Å². The quantitative estimate of drug-likeness (QED) is 0.914. The largest absolute Gasteiger partial charge is 0.366 e. The maximum atomic E-state index is 12.5. The summed E-state index contributed by atoms with van der Waals surface area (Å²) in [6, 6.07) is 14.8. The van der Waals surface area contributed by atoms with Gasteiger partial charge in [0.1, 0.15) is 0 Å². The summed E-state index contributed by atoms with van der Waals surface area (Å²) in [4.78, 5) is 23.6. The normalized spacial score (nSPS) is 19.7. The Labute approximate surface area is 135 Å². The zero-order valence-corrected chi connectivity index (χ0v) is 13.1. The number of amides is 2. The fraction of sp³-hybridized carbons (Fsp3) is 0.263. The predicted molar refractivity (Wildman–Crippen MR) is 89.3 cm³/mol. The van der Waals surface area contributed by atoms with Crippen molar-refractivity contribution < 1.29 is 9.59 Å². The number of fused-ring (bicyclic) bond motifs is 1. The molecule has 118 valence electrons. The van der Waals surface area contributed by atoms with Crippen molar-refractivity contribution in [3.05, 3.63) is 70.8 Å². The predicted octanol–water partition coefficient (Wildman–Crippen LogP) is 2.46. The average Bonchev–Trinajstić information content (AvgIpc) is 2.54. The molecule has 0 aliphatic heterocycles. The first kappa shape index (κ1) is 15.3. The van der Waals surface area contributed by atoms with Gasteiger partial charge >= 0.3 is 0 Å². The number of carbonyl (C=O) groups excluding carboxylic acids is 2. The molecule has 0 saturated heterocycles. The van der Waals surface area contributed by atoms with Crippen molar-refractivity contribution in [2.45, 2.75) is 31.7 Å². The summed E-state index contributed by atoms with van der Waals surface area (Å²) < 4.78 is 0. The molecule has 2 amide bonds. The van der Waals surface area contributed by atoms with Crippen LogP contribution in [-0.2, 0) is 12.8 Å². The summed E-state index contributed by atoms with van der Waals surface area (Å²) >= 11 is 0. The van der Waals surface area contributed by atoms with Crippen LogP contribution < -0.4 is 11.1 Å². The molecule has 2 aromatic rings. The van der Waals surface area contributed by atoms with Gasteiger partial charge in [-0.15, -0.1) is 0 Å². The van der Waals surface area contributed by atoms with Gasteiger partial charge in [-0.25, -0.2) is 0 Å². The molecule has 1 unspecified atom stereocenters. The zero-order chi connectivity index (χ0) is 16.4. The fourth-order valence-electron chi connectivity index (χ4n) is 3.13. The third kappa shape index (κ3) is 3.26. The number of aryl methyl sites for hydroxylation is 1. The highest BCUT2D eigenvalue weighted by Crippen LogP contribution is 2.28. The lowest BCUT2D eigenvalue weighted by molar-refractivity contribution is 0.0896. The van der Waals surface area contributed by atoms with Gasteiger partial charge in [0.15, 0.2) is 0 Å². The molecule has 0 heterocycles. The van der Waals surface area contributed by atoms with E-state index in [-0.39, 0.29) is 11.4 Å². The molecule has 4 heteroatoms. The van der Waals surface area contributed by atoms with E-state index in [1.54, 1.807) is 24.3 Å². The number of nitrogens with two attached hydrogens (primary N) is 1. The lowest BCUT2D eigenvalue weighted by Crippen LogP contribution is -2.49. The van der Waals surface area contributed by atoms with Gasteiger partial charge < -0.3 is 11.1 Å². The molecule has 1 aliphatic rings. The number of hydrogen-bond acceptors (Lipinski definition) is 2. The van der Waals surface area contributed by atoms with Gasteiger partial charge in [0.05, 0.1) is 0 Å². The van der Waals surface area contributed by atoms with E-state index in [0.29, 0.717) is 11.1 Å². The van der Waals surface area contributed by atoms with E-state index in [1.807, 2.05) is 6.07 Å². The third-order valence-electron chi connectivity index (χ3n) is 4.49. The van der Waals surface area contributed by atoms with E-state index < -0.39 is 5.91 Å². The Balaban J connectivity index is 1.74. The Kier molecular flexibility index (Phi) is 3.90. The summed E-state index contributed by atoms with van der Waals surface area (Å²) in [6.07, 6.45) is 2.71. The zero-order valence-electron chi connectivity index (χ0n) is 13.1. The Morgan fingerprint density at radius 2 is 1.61 bits per heavy atom. The van der Waals surface area contributed by atoms with Crippen molar-refractivity contribution in [2.75, 3.05) is 0 Å². The number of nitrogens with one attached hydrogen (secondary N) is 1. The number of primary amides is 1. The van der Waals surface area contributed by atoms with Crippen LogP contribution in [0.15, 0.2) is 48.5 Å². The van der Waals surface area contributed by atoms with Gasteiger partial charge in [-0.2, -0.15) is 0 Å². The van der Waals surface area contributed by atoms with Crippen LogP contribution >= 0.6 is 0 Å². The van der Waals surface area contributed by atoms with Crippen LogP contribution in [0, 0.1) is 0 Å². The van der Waals surface area contributed by atoms with Crippen LogP contribution in [0.4, 0.5) is 0 Å². The Morgan fingerprint density at radius 3 is 2.26 bits per heavy atom. The summed E-state index contributed by atoms with van der Waals surface area (Å²) in [5.74, 6) is -0.615.